The third-order valence-corrected chi connectivity index (χ3v) is 11.2. The number of allylic oxidation sites excluding steroid dienone is 6. The molecule has 1 N–H and O–H groups in total. The largest absolute Gasteiger partial charge is 0.503 e. The summed E-state index contributed by atoms with van der Waals surface area (Å²) in [6.07, 6.45) is 3.78. The van der Waals surface area contributed by atoms with Gasteiger partial charge in [0.2, 0.25) is 11.8 Å². The topological polar surface area (TPSA) is 101 Å². The maximum Gasteiger partial charge on any atom is 0.238 e. The zero-order valence-corrected chi connectivity index (χ0v) is 26.2. The van der Waals surface area contributed by atoms with Crippen LogP contribution in [0.15, 0.2) is 67.7 Å². The maximum absolute atomic E-state index is 14.1. The molecule has 2 aromatic rings. The lowest BCUT2D eigenvalue weighted by atomic mass is 9.59. The fourth-order valence-corrected chi connectivity index (χ4v) is 7.82. The van der Waals surface area contributed by atoms with Gasteiger partial charge in [-0.2, -0.15) is 0 Å². The third kappa shape index (κ3) is 4.11. The molecule has 10 heteroatoms. The van der Waals surface area contributed by atoms with Crippen molar-refractivity contribution in [3.8, 4) is 11.5 Å². The van der Waals surface area contributed by atoms with Crippen LogP contribution in [0.1, 0.15) is 36.8 Å². The van der Waals surface area contributed by atoms with E-state index in [1.807, 2.05) is 13.0 Å². The van der Waals surface area contributed by atoms with Gasteiger partial charge in [0.1, 0.15) is 0 Å². The average molecular weight is 702 g/mol. The molecule has 4 aliphatic rings. The number of amides is 2. The van der Waals surface area contributed by atoms with Crippen LogP contribution in [0.4, 0.5) is 5.69 Å². The predicted molar refractivity (Wildman–Crippen MR) is 160 cm³/mol. The van der Waals surface area contributed by atoms with E-state index in [0.717, 1.165) is 11.1 Å². The van der Waals surface area contributed by atoms with Gasteiger partial charge < -0.3 is 9.84 Å². The van der Waals surface area contributed by atoms with Crippen molar-refractivity contribution in [3.63, 3.8) is 0 Å². The molecule has 1 saturated heterocycles. The van der Waals surface area contributed by atoms with Crippen LogP contribution >= 0.6 is 43.5 Å². The summed E-state index contributed by atoms with van der Waals surface area (Å²) in [7, 11) is 1.42. The number of phenols is 1. The van der Waals surface area contributed by atoms with Crippen molar-refractivity contribution in [2.75, 3.05) is 12.0 Å². The Morgan fingerprint density at radius 3 is 2.44 bits per heavy atom. The Morgan fingerprint density at radius 1 is 1.02 bits per heavy atom. The number of carbonyl (C=O) groups is 4. The van der Waals surface area contributed by atoms with Crippen LogP contribution in [0, 0.1) is 24.7 Å². The van der Waals surface area contributed by atoms with Crippen molar-refractivity contribution in [2.45, 2.75) is 32.6 Å². The Morgan fingerprint density at radius 2 is 1.76 bits per heavy atom. The van der Waals surface area contributed by atoms with Crippen LogP contribution in [-0.2, 0) is 19.2 Å². The van der Waals surface area contributed by atoms with Crippen molar-refractivity contribution >= 4 is 72.5 Å². The summed E-state index contributed by atoms with van der Waals surface area (Å²) >= 11 is 13.3. The number of imide groups is 1. The molecule has 210 valence electrons. The molecule has 1 fully saturated rings. The lowest BCUT2D eigenvalue weighted by Crippen LogP contribution is -2.40. The molecule has 0 spiro atoms. The number of carbonyl (C=O) groups excluding carboxylic acids is 4. The Bertz CT molecular complexity index is 1710. The van der Waals surface area contributed by atoms with Crippen LogP contribution in [-0.4, -0.2) is 35.6 Å². The second-order valence-electron chi connectivity index (χ2n) is 10.8. The van der Waals surface area contributed by atoms with Gasteiger partial charge in [0.15, 0.2) is 23.1 Å². The first-order chi connectivity index (χ1) is 19.5. The first-order valence-corrected chi connectivity index (χ1v) is 15.0. The molecule has 1 aliphatic heterocycles. The molecule has 7 nitrogen and oxygen atoms in total. The van der Waals surface area contributed by atoms with Gasteiger partial charge >= 0.3 is 0 Å². The highest BCUT2D eigenvalue weighted by Crippen LogP contribution is 2.57. The van der Waals surface area contributed by atoms with Gasteiger partial charge in [0, 0.05) is 32.1 Å². The molecule has 0 saturated carbocycles. The number of hydrogen-bond donors (Lipinski definition) is 1. The minimum atomic E-state index is -0.713. The van der Waals surface area contributed by atoms with Gasteiger partial charge in [-0.25, -0.2) is 4.90 Å². The number of halogens is 3. The lowest BCUT2D eigenvalue weighted by Gasteiger charge is -2.42. The molecule has 2 aromatic carbocycles. The highest BCUT2D eigenvalue weighted by atomic mass is 79.9. The van der Waals surface area contributed by atoms with Gasteiger partial charge in [0.05, 0.1) is 29.1 Å². The number of fused-ring (bicyclic) bond motifs is 3. The van der Waals surface area contributed by atoms with Crippen LogP contribution in [0.2, 0.25) is 5.02 Å². The van der Waals surface area contributed by atoms with Crippen molar-refractivity contribution in [1.29, 1.82) is 0 Å². The number of aryl methyl sites for hydroxylation is 1. The number of rotatable bonds is 3. The monoisotopic (exact) mass is 699 g/mol. The summed E-state index contributed by atoms with van der Waals surface area (Å²) in [6, 6.07) is 6.74. The molecule has 0 aromatic heterocycles. The number of Topliss-reactive ketones (excluding diaryl/α,β-unsaturated/α-hetero) is 1. The van der Waals surface area contributed by atoms with Crippen molar-refractivity contribution in [2.24, 2.45) is 17.8 Å². The number of anilines is 1. The van der Waals surface area contributed by atoms with Crippen LogP contribution in [0.25, 0.3) is 0 Å². The standard InChI is InChI=1S/C31H24Br2ClNO6/c1-12-4-5-14(9-20(12)34)35-30(39)16-7-6-15-17(24(16)31(35)40)10-19-25(21(36)8-13(2)28(19)37)23(15)18-11-22(41-3)29(38)27(33)26(18)32/h4-6,8-9,11,16-17,23-24,38H,7,10H2,1-3H3/t16-,17+,23+,24-/m0/s1. The normalized spacial score (nSPS) is 25.6. The number of aromatic hydroxyl groups is 1. The summed E-state index contributed by atoms with van der Waals surface area (Å²) in [6.45, 7) is 3.45. The van der Waals surface area contributed by atoms with E-state index in [4.69, 9.17) is 16.3 Å². The van der Waals surface area contributed by atoms with Crippen LogP contribution in [0.5, 0.6) is 11.5 Å². The minimum absolute atomic E-state index is 0.117. The molecule has 2 amide bonds. The summed E-state index contributed by atoms with van der Waals surface area (Å²) in [5, 5.41) is 11.1. The SMILES string of the molecule is COc1cc([C@H]2C3=CC[C@@H]4C(=O)N(c5ccc(C)c(Cl)c5)C(=O)[C@@H]4[C@@H]3CC3=C2C(=O)C=C(C)C3=O)c(Br)c(Br)c1O. The maximum atomic E-state index is 14.1. The number of ketones is 2. The molecule has 0 unspecified atom stereocenters. The summed E-state index contributed by atoms with van der Waals surface area (Å²) in [4.78, 5) is 56.0. The second kappa shape index (κ2) is 10.1. The van der Waals surface area contributed by atoms with Crippen molar-refractivity contribution in [1.82, 2.24) is 0 Å². The summed E-state index contributed by atoms with van der Waals surface area (Å²) in [5.41, 5.74) is 3.68. The first-order valence-electron chi connectivity index (χ1n) is 13.0. The smallest absolute Gasteiger partial charge is 0.238 e. The van der Waals surface area contributed by atoms with E-state index < -0.39 is 23.7 Å². The van der Waals surface area contributed by atoms with Crippen molar-refractivity contribution < 1.29 is 29.0 Å². The second-order valence-corrected chi connectivity index (χ2v) is 12.8. The summed E-state index contributed by atoms with van der Waals surface area (Å²) < 4.78 is 6.24. The van der Waals surface area contributed by atoms with Crippen LogP contribution in [0.3, 0.4) is 0 Å². The number of nitrogens with zero attached hydrogens (tertiary/aromatic N) is 1. The Balaban J connectivity index is 1.53. The minimum Gasteiger partial charge on any atom is -0.503 e. The molecular weight excluding hydrogens is 678 g/mol. The van der Waals surface area contributed by atoms with Crippen LogP contribution < -0.4 is 9.64 Å². The number of ether oxygens (including phenoxy) is 1. The Labute approximate surface area is 258 Å². The molecule has 4 atom stereocenters. The Hall–Kier alpha value is -3.01. The zero-order chi connectivity index (χ0) is 29.5. The quantitative estimate of drug-likeness (QED) is 0.222. The third-order valence-electron chi connectivity index (χ3n) is 8.68. The Kier molecular flexibility index (Phi) is 6.91. The molecule has 0 radical (unpaired) electrons. The first kappa shape index (κ1) is 28.1. The molecule has 3 aliphatic carbocycles. The molecular formula is C31H24Br2ClNO6. The molecule has 1 heterocycles. The number of phenolic OH excluding ortho intramolecular Hbond substituents is 1. The van der Waals surface area contributed by atoms with E-state index in [1.165, 1.54) is 18.1 Å². The fourth-order valence-electron chi connectivity index (χ4n) is 6.69. The van der Waals surface area contributed by atoms with E-state index >= 15 is 0 Å². The highest BCUT2D eigenvalue weighted by Gasteiger charge is 2.57. The molecule has 0 bridgehead atoms. The number of methoxy groups -OCH3 is 1. The number of hydrogen-bond acceptors (Lipinski definition) is 6. The van der Waals surface area contributed by atoms with E-state index in [0.29, 0.717) is 48.4 Å². The van der Waals surface area contributed by atoms with Gasteiger partial charge in [-0.3, -0.25) is 19.2 Å². The summed E-state index contributed by atoms with van der Waals surface area (Å²) in [5.74, 6) is -3.60. The predicted octanol–water partition coefficient (Wildman–Crippen LogP) is 6.52. The van der Waals surface area contributed by atoms with Gasteiger partial charge in [-0.1, -0.05) is 29.3 Å². The van der Waals surface area contributed by atoms with E-state index in [-0.39, 0.29) is 41.3 Å². The fraction of sp³-hybridized carbons (Fsp3) is 0.290. The van der Waals surface area contributed by atoms with Gasteiger partial charge in [-0.15, -0.1) is 0 Å². The van der Waals surface area contributed by atoms with Gasteiger partial charge in [-0.05, 0) is 99.9 Å². The van der Waals surface area contributed by atoms with E-state index in [1.54, 1.807) is 31.2 Å². The zero-order valence-electron chi connectivity index (χ0n) is 22.3. The number of benzene rings is 2. The van der Waals surface area contributed by atoms with Gasteiger partial charge in [0.25, 0.3) is 0 Å². The molecule has 41 heavy (non-hydrogen) atoms. The van der Waals surface area contributed by atoms with Crippen molar-refractivity contribution in [3.05, 3.63) is 83.8 Å². The lowest BCUT2D eigenvalue weighted by molar-refractivity contribution is -0.123. The van der Waals surface area contributed by atoms with E-state index in [9.17, 15) is 24.3 Å². The molecule has 6 rings (SSSR count). The average Bonchev–Trinajstić information content (AvgIpc) is 3.21. The van der Waals surface area contributed by atoms with E-state index in [2.05, 4.69) is 31.9 Å². The highest BCUT2D eigenvalue weighted by molar-refractivity contribution is 9.13.